The summed E-state index contributed by atoms with van der Waals surface area (Å²) in [5.41, 5.74) is 1.32. The highest BCUT2D eigenvalue weighted by atomic mass is 16.5. The van der Waals surface area contributed by atoms with Gasteiger partial charge in [-0.2, -0.15) is 0 Å². The molecule has 0 aliphatic carbocycles. The van der Waals surface area contributed by atoms with Gasteiger partial charge >= 0.3 is 0 Å². The third-order valence-electron chi connectivity index (χ3n) is 3.87. The highest BCUT2D eigenvalue weighted by Gasteiger charge is 2.22. The second-order valence-electron chi connectivity index (χ2n) is 5.34. The van der Waals surface area contributed by atoms with Gasteiger partial charge in [-0.25, -0.2) is 0 Å². The lowest BCUT2D eigenvalue weighted by Gasteiger charge is -2.32. The lowest BCUT2D eigenvalue weighted by Crippen LogP contribution is -2.47. The van der Waals surface area contributed by atoms with Gasteiger partial charge < -0.3 is 19.0 Å². The van der Waals surface area contributed by atoms with Gasteiger partial charge in [0.2, 0.25) is 0 Å². The molecule has 5 heteroatoms. The first-order valence-electron chi connectivity index (χ1n) is 7.31. The summed E-state index contributed by atoms with van der Waals surface area (Å²) < 4.78 is 11.1. The Bertz CT molecular complexity index is 642. The van der Waals surface area contributed by atoms with Crippen molar-refractivity contribution in [2.75, 3.05) is 39.8 Å². The molecule has 1 aromatic heterocycles. The maximum Gasteiger partial charge on any atom is 0.254 e. The molecule has 112 valence electrons. The van der Waals surface area contributed by atoms with E-state index < -0.39 is 0 Å². The molecule has 0 N–H and O–H groups in total. The zero-order valence-electron chi connectivity index (χ0n) is 12.5. The van der Waals surface area contributed by atoms with E-state index in [1.165, 1.54) is 0 Å². The highest BCUT2D eigenvalue weighted by molar-refractivity contribution is 5.99. The molecule has 2 heterocycles. The lowest BCUT2D eigenvalue weighted by atomic mass is 10.1. The molecule has 0 atom stereocenters. The average molecular weight is 288 g/mol. The maximum atomic E-state index is 12.6. The third-order valence-corrected chi connectivity index (χ3v) is 3.87. The van der Waals surface area contributed by atoms with Crippen molar-refractivity contribution in [2.45, 2.75) is 6.92 Å². The summed E-state index contributed by atoms with van der Waals surface area (Å²) in [6, 6.07) is 5.49. The predicted octanol–water partition coefficient (Wildman–Crippen LogP) is 2.22. The second-order valence-corrected chi connectivity index (χ2v) is 5.34. The number of carbonyl (C=O) groups excluding carboxylic acids is 1. The van der Waals surface area contributed by atoms with Crippen molar-refractivity contribution in [2.24, 2.45) is 0 Å². The van der Waals surface area contributed by atoms with Gasteiger partial charge in [0.15, 0.2) is 0 Å². The Morgan fingerprint density at radius 3 is 2.76 bits per heavy atom. The molecular weight excluding hydrogens is 268 g/mol. The van der Waals surface area contributed by atoms with Crippen LogP contribution in [0, 0.1) is 0 Å². The van der Waals surface area contributed by atoms with Gasteiger partial charge in [-0.15, -0.1) is 0 Å². The minimum absolute atomic E-state index is 0.0438. The summed E-state index contributed by atoms with van der Waals surface area (Å²) in [4.78, 5) is 16.8. The summed E-state index contributed by atoms with van der Waals surface area (Å²) in [6.07, 6.45) is 1.62. The average Bonchev–Trinajstić information content (AvgIpc) is 2.96. The van der Waals surface area contributed by atoms with Crippen LogP contribution in [0.5, 0.6) is 5.75 Å². The number of likely N-dealkylation sites (N-methyl/N-ethyl adjacent to an activating group) is 1. The molecule has 21 heavy (non-hydrogen) atoms. The fourth-order valence-corrected chi connectivity index (χ4v) is 2.63. The Balaban J connectivity index is 1.90. The van der Waals surface area contributed by atoms with E-state index in [0.29, 0.717) is 23.5 Å². The van der Waals surface area contributed by atoms with Crippen LogP contribution in [-0.4, -0.2) is 55.5 Å². The van der Waals surface area contributed by atoms with Crippen LogP contribution in [0.4, 0.5) is 0 Å². The van der Waals surface area contributed by atoms with Crippen LogP contribution < -0.4 is 4.74 Å². The summed E-state index contributed by atoms with van der Waals surface area (Å²) in [5.74, 6) is 0.753. The summed E-state index contributed by atoms with van der Waals surface area (Å²) in [6.45, 7) is 5.83. The van der Waals surface area contributed by atoms with Crippen molar-refractivity contribution in [1.82, 2.24) is 9.80 Å². The molecule has 0 unspecified atom stereocenters. The van der Waals surface area contributed by atoms with E-state index in [1.807, 2.05) is 24.0 Å². The van der Waals surface area contributed by atoms with E-state index in [9.17, 15) is 4.79 Å². The van der Waals surface area contributed by atoms with Gasteiger partial charge in [0.05, 0.1) is 18.3 Å². The van der Waals surface area contributed by atoms with E-state index in [-0.39, 0.29) is 5.91 Å². The van der Waals surface area contributed by atoms with Crippen LogP contribution in [0.3, 0.4) is 0 Å². The number of hydrogen-bond donors (Lipinski definition) is 0. The zero-order chi connectivity index (χ0) is 14.8. The van der Waals surface area contributed by atoms with E-state index >= 15 is 0 Å². The molecule has 1 fully saturated rings. The Morgan fingerprint density at radius 1 is 1.29 bits per heavy atom. The van der Waals surface area contributed by atoms with Gasteiger partial charge in [-0.05, 0) is 32.2 Å². The van der Waals surface area contributed by atoms with Crippen LogP contribution in [0.25, 0.3) is 11.0 Å². The number of hydrogen-bond acceptors (Lipinski definition) is 4. The standard InChI is InChI=1S/C16H20N2O3/c1-3-20-14-10-12(11-15-13(14)4-9-21-15)16(19)18-7-5-17(2)6-8-18/h4,9-11H,3,5-8H2,1-2H3. The van der Waals surface area contributed by atoms with Gasteiger partial charge in [-0.1, -0.05) is 0 Å². The monoisotopic (exact) mass is 288 g/mol. The topological polar surface area (TPSA) is 45.9 Å². The summed E-state index contributed by atoms with van der Waals surface area (Å²) in [7, 11) is 2.07. The molecule has 3 rings (SSSR count). The van der Waals surface area contributed by atoms with Crippen molar-refractivity contribution in [3.8, 4) is 5.75 Å². The highest BCUT2D eigenvalue weighted by Crippen LogP contribution is 2.29. The fourth-order valence-electron chi connectivity index (χ4n) is 2.63. The Morgan fingerprint density at radius 2 is 2.05 bits per heavy atom. The smallest absolute Gasteiger partial charge is 0.254 e. The molecule has 1 amide bonds. The molecule has 1 saturated heterocycles. The summed E-state index contributed by atoms with van der Waals surface area (Å²) >= 11 is 0. The quantitative estimate of drug-likeness (QED) is 0.869. The Hall–Kier alpha value is -2.01. The Kier molecular flexibility index (Phi) is 3.84. The van der Waals surface area contributed by atoms with Crippen LogP contribution >= 0.6 is 0 Å². The fraction of sp³-hybridized carbons (Fsp3) is 0.438. The molecule has 1 aliphatic rings. The number of rotatable bonds is 3. The molecule has 0 spiro atoms. The molecule has 1 aliphatic heterocycles. The largest absolute Gasteiger partial charge is 0.493 e. The second kappa shape index (κ2) is 5.77. The molecule has 0 bridgehead atoms. The predicted molar refractivity (Wildman–Crippen MR) is 80.8 cm³/mol. The number of benzene rings is 1. The first kappa shape index (κ1) is 13.9. The first-order chi connectivity index (χ1) is 10.2. The number of furan rings is 1. The van der Waals surface area contributed by atoms with Gasteiger partial charge in [0.25, 0.3) is 5.91 Å². The van der Waals surface area contributed by atoms with Crippen molar-refractivity contribution < 1.29 is 13.9 Å². The molecular formula is C16H20N2O3. The lowest BCUT2D eigenvalue weighted by molar-refractivity contribution is 0.0663. The molecule has 0 radical (unpaired) electrons. The maximum absolute atomic E-state index is 12.6. The molecule has 1 aromatic carbocycles. The van der Waals surface area contributed by atoms with E-state index in [1.54, 1.807) is 12.3 Å². The first-order valence-corrected chi connectivity index (χ1v) is 7.31. The molecule has 0 saturated carbocycles. The number of ether oxygens (including phenoxy) is 1. The van der Waals surface area contributed by atoms with Crippen LogP contribution in [0.15, 0.2) is 28.9 Å². The van der Waals surface area contributed by atoms with Crippen LogP contribution in [0.2, 0.25) is 0 Å². The number of nitrogens with zero attached hydrogens (tertiary/aromatic N) is 2. The van der Waals surface area contributed by atoms with Crippen molar-refractivity contribution in [3.05, 3.63) is 30.0 Å². The number of fused-ring (bicyclic) bond motifs is 1. The van der Waals surface area contributed by atoms with Crippen LogP contribution in [-0.2, 0) is 0 Å². The van der Waals surface area contributed by atoms with Crippen molar-refractivity contribution in [1.29, 1.82) is 0 Å². The number of piperazine rings is 1. The van der Waals surface area contributed by atoms with Gasteiger partial charge in [0, 0.05) is 31.7 Å². The van der Waals surface area contributed by atoms with Crippen molar-refractivity contribution in [3.63, 3.8) is 0 Å². The molecule has 5 nitrogen and oxygen atoms in total. The normalized spacial score (nSPS) is 16.4. The minimum Gasteiger partial charge on any atom is -0.493 e. The van der Waals surface area contributed by atoms with Gasteiger partial charge in [0.1, 0.15) is 11.3 Å². The molecule has 2 aromatic rings. The zero-order valence-corrected chi connectivity index (χ0v) is 12.5. The van der Waals surface area contributed by atoms with E-state index in [0.717, 1.165) is 31.6 Å². The van der Waals surface area contributed by atoms with Crippen LogP contribution in [0.1, 0.15) is 17.3 Å². The minimum atomic E-state index is 0.0438. The summed E-state index contributed by atoms with van der Waals surface area (Å²) in [5, 5.41) is 0.909. The number of amides is 1. The van der Waals surface area contributed by atoms with Gasteiger partial charge in [-0.3, -0.25) is 4.79 Å². The third kappa shape index (κ3) is 2.74. The van der Waals surface area contributed by atoms with E-state index in [2.05, 4.69) is 11.9 Å². The van der Waals surface area contributed by atoms with E-state index in [4.69, 9.17) is 9.15 Å². The number of carbonyl (C=O) groups is 1. The Labute approximate surface area is 124 Å². The van der Waals surface area contributed by atoms with Crippen molar-refractivity contribution >= 4 is 16.9 Å². The SMILES string of the molecule is CCOc1cc(C(=O)N2CCN(C)CC2)cc2occc12.